The molecule has 9 heteroatoms. The summed E-state index contributed by atoms with van der Waals surface area (Å²) in [5.74, 6) is -0.265. The number of fused-ring (bicyclic) bond motifs is 1. The first kappa shape index (κ1) is 21.4. The molecule has 2 heterocycles. The number of para-hydroxylation sites is 1. The molecule has 162 valence electrons. The van der Waals surface area contributed by atoms with E-state index in [1.54, 1.807) is 25.1 Å². The second-order valence-electron chi connectivity index (χ2n) is 7.01. The van der Waals surface area contributed by atoms with Gasteiger partial charge in [-0.05, 0) is 56.4 Å². The van der Waals surface area contributed by atoms with Crippen LogP contribution in [-0.2, 0) is 24.3 Å². The third-order valence-corrected chi connectivity index (χ3v) is 6.53. The maximum atomic E-state index is 13.0. The molecule has 1 aliphatic carbocycles. The number of benzene rings is 1. The monoisotopic (exact) mass is 459 g/mol. The maximum Gasteiger partial charge on any atom is 0.341 e. The van der Waals surface area contributed by atoms with Crippen molar-refractivity contribution in [1.82, 2.24) is 9.78 Å². The summed E-state index contributed by atoms with van der Waals surface area (Å²) in [5.41, 5.74) is 1.79. The molecule has 2 aromatic heterocycles. The highest BCUT2D eigenvalue weighted by Crippen LogP contribution is 2.38. The van der Waals surface area contributed by atoms with Gasteiger partial charge in [0.1, 0.15) is 16.4 Å². The molecule has 0 unspecified atom stereocenters. The van der Waals surface area contributed by atoms with Crippen LogP contribution in [0, 0.1) is 0 Å². The Morgan fingerprint density at radius 1 is 1.23 bits per heavy atom. The first-order valence-electron chi connectivity index (χ1n) is 10.1. The number of halogens is 1. The molecule has 3 aromatic rings. The Bertz CT molecular complexity index is 1110. The lowest BCUT2D eigenvalue weighted by molar-refractivity contribution is 0.0526. The highest BCUT2D eigenvalue weighted by atomic mass is 35.5. The van der Waals surface area contributed by atoms with Crippen molar-refractivity contribution in [3.05, 3.63) is 63.2 Å². The van der Waals surface area contributed by atoms with E-state index in [4.69, 9.17) is 21.1 Å². The van der Waals surface area contributed by atoms with Crippen molar-refractivity contribution in [2.24, 2.45) is 0 Å². The van der Waals surface area contributed by atoms with Crippen LogP contribution in [0.4, 0.5) is 5.00 Å². The molecule has 0 radical (unpaired) electrons. The van der Waals surface area contributed by atoms with Crippen molar-refractivity contribution in [2.75, 3.05) is 11.9 Å². The van der Waals surface area contributed by atoms with Crippen LogP contribution < -0.4 is 10.1 Å². The minimum absolute atomic E-state index is 0.0190. The van der Waals surface area contributed by atoms with Crippen molar-refractivity contribution in [3.63, 3.8) is 0 Å². The van der Waals surface area contributed by atoms with Gasteiger partial charge in [0.05, 0.1) is 17.2 Å². The average molecular weight is 460 g/mol. The Morgan fingerprint density at radius 2 is 2.03 bits per heavy atom. The fraction of sp³-hybridized carbons (Fsp3) is 0.318. The zero-order valence-corrected chi connectivity index (χ0v) is 18.6. The second-order valence-corrected chi connectivity index (χ2v) is 8.52. The summed E-state index contributed by atoms with van der Waals surface area (Å²) in [6.07, 6.45) is 5.35. The largest absolute Gasteiger partial charge is 0.470 e. The van der Waals surface area contributed by atoms with E-state index in [0.717, 1.165) is 36.1 Å². The number of aromatic nitrogens is 2. The van der Waals surface area contributed by atoms with E-state index in [2.05, 4.69) is 10.4 Å². The molecule has 7 nitrogen and oxygen atoms in total. The van der Waals surface area contributed by atoms with Gasteiger partial charge in [-0.1, -0.05) is 23.7 Å². The molecule has 1 amide bonds. The predicted octanol–water partition coefficient (Wildman–Crippen LogP) is 4.94. The minimum Gasteiger partial charge on any atom is -0.470 e. The fourth-order valence-electron chi connectivity index (χ4n) is 3.56. The van der Waals surface area contributed by atoms with Crippen molar-refractivity contribution in [1.29, 1.82) is 0 Å². The van der Waals surface area contributed by atoms with Crippen molar-refractivity contribution in [2.45, 2.75) is 39.3 Å². The van der Waals surface area contributed by atoms with E-state index in [1.807, 2.05) is 12.1 Å². The summed E-state index contributed by atoms with van der Waals surface area (Å²) >= 11 is 7.57. The summed E-state index contributed by atoms with van der Waals surface area (Å²) in [6, 6.07) is 8.69. The molecule has 31 heavy (non-hydrogen) atoms. The number of hydrogen-bond acceptors (Lipinski definition) is 6. The number of carbonyl (C=O) groups is 2. The number of nitrogens with zero attached hydrogens (tertiary/aromatic N) is 2. The third-order valence-electron chi connectivity index (χ3n) is 5.01. The summed E-state index contributed by atoms with van der Waals surface area (Å²) in [5, 5.41) is 8.07. The normalized spacial score (nSPS) is 12.8. The average Bonchev–Trinajstić information content (AvgIpc) is 3.37. The van der Waals surface area contributed by atoms with Crippen LogP contribution in [0.1, 0.15) is 51.1 Å². The Labute approximate surface area is 188 Å². The number of carbonyl (C=O) groups excluding carboxylic acids is 2. The summed E-state index contributed by atoms with van der Waals surface area (Å²) in [7, 11) is 0. The van der Waals surface area contributed by atoms with Gasteiger partial charge in [0, 0.05) is 11.1 Å². The van der Waals surface area contributed by atoms with E-state index in [9.17, 15) is 9.59 Å². The lowest BCUT2D eigenvalue weighted by Crippen LogP contribution is -2.20. The Hall–Kier alpha value is -2.84. The predicted molar refractivity (Wildman–Crippen MR) is 119 cm³/mol. The number of rotatable bonds is 7. The summed E-state index contributed by atoms with van der Waals surface area (Å²) < 4.78 is 12.4. The van der Waals surface area contributed by atoms with E-state index in [1.165, 1.54) is 22.2 Å². The van der Waals surface area contributed by atoms with Crippen LogP contribution in [0.3, 0.4) is 0 Å². The maximum absolute atomic E-state index is 13.0. The van der Waals surface area contributed by atoms with E-state index >= 15 is 0 Å². The molecular formula is C22H22ClN3O4S. The van der Waals surface area contributed by atoms with Gasteiger partial charge in [0.25, 0.3) is 5.91 Å². The topological polar surface area (TPSA) is 82.5 Å². The summed E-state index contributed by atoms with van der Waals surface area (Å²) in [4.78, 5) is 26.8. The fourth-order valence-corrected chi connectivity index (χ4v) is 5.02. The number of amides is 1. The van der Waals surface area contributed by atoms with Gasteiger partial charge in [0.15, 0.2) is 6.73 Å². The highest BCUT2D eigenvalue weighted by molar-refractivity contribution is 7.17. The number of ether oxygens (including phenoxy) is 2. The molecule has 0 aliphatic heterocycles. The van der Waals surface area contributed by atoms with Crippen LogP contribution in [0.2, 0.25) is 5.02 Å². The molecule has 0 saturated carbocycles. The van der Waals surface area contributed by atoms with Crippen molar-refractivity contribution in [3.8, 4) is 5.75 Å². The first-order valence-corrected chi connectivity index (χ1v) is 11.3. The highest BCUT2D eigenvalue weighted by Gasteiger charge is 2.28. The standard InChI is InChI=1S/C22H22ClN3O4S/c1-2-29-22(28)19-14-7-3-6-10-18(14)31-21(19)25-20(27)16-11-12-24-26(16)13-30-17-9-5-4-8-15(17)23/h4-5,8-9,11-12H,2-3,6-7,10,13H2,1H3,(H,25,27). The molecule has 0 fully saturated rings. The third kappa shape index (κ3) is 4.60. The van der Waals surface area contributed by atoms with Gasteiger partial charge in [-0.25, -0.2) is 9.48 Å². The number of thiophene rings is 1. The van der Waals surface area contributed by atoms with Gasteiger partial charge >= 0.3 is 5.97 Å². The Balaban J connectivity index is 1.54. The van der Waals surface area contributed by atoms with E-state index in [0.29, 0.717) is 27.0 Å². The van der Waals surface area contributed by atoms with Gasteiger partial charge in [-0.3, -0.25) is 4.79 Å². The van der Waals surface area contributed by atoms with Gasteiger partial charge in [-0.2, -0.15) is 5.10 Å². The van der Waals surface area contributed by atoms with E-state index in [-0.39, 0.29) is 19.2 Å². The van der Waals surface area contributed by atoms with Crippen LogP contribution in [0.15, 0.2) is 36.5 Å². The molecule has 1 N–H and O–H groups in total. The van der Waals surface area contributed by atoms with Crippen molar-refractivity contribution >= 4 is 39.8 Å². The number of nitrogens with one attached hydrogen (secondary N) is 1. The molecule has 0 bridgehead atoms. The first-order chi connectivity index (χ1) is 15.1. The molecule has 1 aliphatic rings. The molecule has 0 spiro atoms. The smallest absolute Gasteiger partial charge is 0.341 e. The van der Waals surface area contributed by atoms with Crippen LogP contribution in [-0.4, -0.2) is 28.3 Å². The van der Waals surface area contributed by atoms with Gasteiger partial charge in [0.2, 0.25) is 0 Å². The van der Waals surface area contributed by atoms with Crippen LogP contribution in [0.5, 0.6) is 5.75 Å². The molecule has 4 rings (SSSR count). The lowest BCUT2D eigenvalue weighted by atomic mass is 9.95. The quantitative estimate of drug-likeness (QED) is 0.506. The zero-order chi connectivity index (χ0) is 21.8. The molecular weight excluding hydrogens is 438 g/mol. The van der Waals surface area contributed by atoms with Crippen molar-refractivity contribution < 1.29 is 19.1 Å². The summed E-state index contributed by atoms with van der Waals surface area (Å²) in [6.45, 7) is 2.07. The number of anilines is 1. The van der Waals surface area contributed by atoms with Crippen LogP contribution >= 0.6 is 22.9 Å². The molecule has 0 saturated heterocycles. The van der Waals surface area contributed by atoms with E-state index < -0.39 is 5.97 Å². The minimum atomic E-state index is -0.396. The van der Waals surface area contributed by atoms with Gasteiger partial charge in [-0.15, -0.1) is 11.3 Å². The number of hydrogen-bond donors (Lipinski definition) is 1. The molecule has 0 atom stereocenters. The SMILES string of the molecule is CCOC(=O)c1c(NC(=O)c2ccnn2COc2ccccc2Cl)sc2c1CCCC2. The molecule has 1 aromatic carbocycles. The zero-order valence-electron chi connectivity index (χ0n) is 17.0. The Kier molecular flexibility index (Phi) is 6.58. The van der Waals surface area contributed by atoms with Crippen LogP contribution in [0.25, 0.3) is 0 Å². The second kappa shape index (κ2) is 9.53. The van der Waals surface area contributed by atoms with Gasteiger partial charge < -0.3 is 14.8 Å². The Morgan fingerprint density at radius 3 is 2.84 bits per heavy atom. The lowest BCUT2D eigenvalue weighted by Gasteiger charge is -2.13. The number of esters is 1. The number of aryl methyl sites for hydroxylation is 1.